The Morgan fingerprint density at radius 1 is 1.10 bits per heavy atom. The molecule has 162 valence electrons. The Morgan fingerprint density at radius 2 is 1.84 bits per heavy atom. The molecule has 1 fully saturated rings. The average Bonchev–Trinajstić information content (AvgIpc) is 3.51. The molecule has 4 rings (SSSR count). The quantitative estimate of drug-likeness (QED) is 0.577. The Balaban J connectivity index is 1.64. The van der Waals surface area contributed by atoms with E-state index in [-0.39, 0.29) is 11.8 Å². The van der Waals surface area contributed by atoms with Gasteiger partial charge in [-0.3, -0.25) is 9.59 Å². The molecule has 0 unspecified atom stereocenters. The van der Waals surface area contributed by atoms with Crippen molar-refractivity contribution < 1.29 is 19.1 Å². The van der Waals surface area contributed by atoms with E-state index in [4.69, 9.17) is 9.47 Å². The number of benzene rings is 1. The fourth-order valence-electron chi connectivity index (χ4n) is 3.50. The molecule has 9 heteroatoms. The van der Waals surface area contributed by atoms with Gasteiger partial charge in [0.15, 0.2) is 11.5 Å². The summed E-state index contributed by atoms with van der Waals surface area (Å²) >= 11 is 2.89. The lowest BCUT2D eigenvalue weighted by atomic mass is 10.1. The van der Waals surface area contributed by atoms with Gasteiger partial charge >= 0.3 is 0 Å². The number of thiophene rings is 1. The number of ether oxygens (including phenoxy) is 2. The van der Waals surface area contributed by atoms with Gasteiger partial charge in [-0.15, -0.1) is 22.7 Å². The van der Waals surface area contributed by atoms with Gasteiger partial charge in [0.05, 0.1) is 36.5 Å². The number of amides is 2. The number of aromatic nitrogens is 1. The maximum atomic E-state index is 13.2. The van der Waals surface area contributed by atoms with E-state index >= 15 is 0 Å². The highest BCUT2D eigenvalue weighted by Crippen LogP contribution is 2.35. The van der Waals surface area contributed by atoms with Crippen LogP contribution >= 0.6 is 22.7 Å². The van der Waals surface area contributed by atoms with E-state index in [0.29, 0.717) is 40.7 Å². The zero-order valence-electron chi connectivity index (χ0n) is 17.3. The Kier molecular flexibility index (Phi) is 6.53. The SMILES string of the molecule is COc1cc(NC(=O)c2cnc(-c3cccs3)s2)c(C(=O)N2CCCCC2)cc1OC. The number of carbonyl (C=O) groups excluding carboxylic acids is 2. The number of methoxy groups -OCH3 is 2. The monoisotopic (exact) mass is 457 g/mol. The summed E-state index contributed by atoms with van der Waals surface area (Å²) in [6.45, 7) is 1.42. The molecule has 1 saturated heterocycles. The van der Waals surface area contributed by atoms with Crippen molar-refractivity contribution in [1.82, 2.24) is 9.88 Å². The van der Waals surface area contributed by atoms with Crippen LogP contribution in [-0.4, -0.2) is 49.0 Å². The van der Waals surface area contributed by atoms with Gasteiger partial charge < -0.3 is 19.7 Å². The van der Waals surface area contributed by atoms with Gasteiger partial charge in [-0.05, 0) is 36.8 Å². The number of carbonyl (C=O) groups is 2. The number of hydrogen-bond acceptors (Lipinski definition) is 7. The van der Waals surface area contributed by atoms with Crippen molar-refractivity contribution in [3.63, 3.8) is 0 Å². The highest BCUT2D eigenvalue weighted by molar-refractivity contribution is 7.22. The predicted molar refractivity (Wildman–Crippen MR) is 123 cm³/mol. The first-order valence-electron chi connectivity index (χ1n) is 9.97. The summed E-state index contributed by atoms with van der Waals surface area (Å²) in [7, 11) is 3.04. The first kappa shape index (κ1) is 21.3. The molecule has 0 spiro atoms. The fourth-order valence-corrected chi connectivity index (χ4v) is 5.12. The largest absolute Gasteiger partial charge is 0.493 e. The molecule has 3 heterocycles. The van der Waals surface area contributed by atoms with E-state index in [1.165, 1.54) is 25.6 Å². The van der Waals surface area contributed by atoms with Crippen molar-refractivity contribution in [2.45, 2.75) is 19.3 Å². The second-order valence-electron chi connectivity index (χ2n) is 7.07. The second kappa shape index (κ2) is 9.49. The molecule has 1 aliphatic rings. The third-order valence-corrected chi connectivity index (χ3v) is 7.14. The Labute approximate surface area is 188 Å². The van der Waals surface area contributed by atoms with Crippen molar-refractivity contribution in [3.05, 3.63) is 46.3 Å². The van der Waals surface area contributed by atoms with Crippen molar-refractivity contribution in [1.29, 1.82) is 0 Å². The first-order chi connectivity index (χ1) is 15.1. The lowest BCUT2D eigenvalue weighted by Gasteiger charge is -2.28. The van der Waals surface area contributed by atoms with E-state index in [1.807, 2.05) is 22.4 Å². The molecule has 3 aromatic rings. The number of nitrogens with one attached hydrogen (secondary N) is 1. The maximum absolute atomic E-state index is 13.2. The Hall–Kier alpha value is -2.91. The van der Waals surface area contributed by atoms with Crippen LogP contribution in [0.4, 0.5) is 5.69 Å². The molecule has 2 aromatic heterocycles. The average molecular weight is 458 g/mol. The van der Waals surface area contributed by atoms with Crippen LogP contribution in [-0.2, 0) is 0 Å². The maximum Gasteiger partial charge on any atom is 0.267 e. The number of likely N-dealkylation sites (tertiary alicyclic amines) is 1. The third kappa shape index (κ3) is 4.57. The van der Waals surface area contributed by atoms with Gasteiger partial charge in [0.25, 0.3) is 11.8 Å². The number of thiazole rings is 1. The van der Waals surface area contributed by atoms with Crippen LogP contribution in [0.1, 0.15) is 39.3 Å². The first-order valence-corrected chi connectivity index (χ1v) is 11.7. The molecule has 7 nitrogen and oxygen atoms in total. The predicted octanol–water partition coefficient (Wildman–Crippen LogP) is 4.77. The molecule has 0 atom stereocenters. The minimum Gasteiger partial charge on any atom is -0.493 e. The highest BCUT2D eigenvalue weighted by Gasteiger charge is 2.25. The van der Waals surface area contributed by atoms with E-state index in [2.05, 4.69) is 10.3 Å². The summed E-state index contributed by atoms with van der Waals surface area (Å²) < 4.78 is 10.8. The summed E-state index contributed by atoms with van der Waals surface area (Å²) in [4.78, 5) is 33.9. The number of anilines is 1. The van der Waals surface area contributed by atoms with Crippen LogP contribution in [0.3, 0.4) is 0 Å². The molecule has 2 amide bonds. The standard InChI is InChI=1S/C22H23N3O4S2/c1-28-16-11-14(22(27)25-8-4-3-5-9-25)15(12-17(16)29-2)24-20(26)19-13-23-21(31-19)18-7-6-10-30-18/h6-7,10-13H,3-5,8-9H2,1-2H3,(H,24,26). The van der Waals surface area contributed by atoms with Crippen molar-refractivity contribution in [2.75, 3.05) is 32.6 Å². The van der Waals surface area contributed by atoms with Gasteiger partial charge in [-0.1, -0.05) is 6.07 Å². The lowest BCUT2D eigenvalue weighted by Crippen LogP contribution is -2.36. The number of rotatable bonds is 6. The second-order valence-corrected chi connectivity index (χ2v) is 9.05. The molecule has 0 saturated carbocycles. The van der Waals surface area contributed by atoms with E-state index in [0.717, 1.165) is 29.1 Å². The van der Waals surface area contributed by atoms with Gasteiger partial charge in [0.2, 0.25) is 0 Å². The number of hydrogen-bond donors (Lipinski definition) is 1. The van der Waals surface area contributed by atoms with Crippen molar-refractivity contribution >= 4 is 40.2 Å². The topological polar surface area (TPSA) is 80.8 Å². The minimum atomic E-state index is -0.319. The summed E-state index contributed by atoms with van der Waals surface area (Å²) in [5, 5.41) is 5.64. The van der Waals surface area contributed by atoms with E-state index in [1.54, 1.807) is 29.7 Å². The molecular weight excluding hydrogens is 434 g/mol. The summed E-state index contributed by atoms with van der Waals surface area (Å²) in [6, 6.07) is 7.18. The van der Waals surface area contributed by atoms with Gasteiger partial charge in [0, 0.05) is 19.2 Å². The summed E-state index contributed by atoms with van der Waals surface area (Å²) in [5.74, 6) is 0.440. The molecular formula is C22H23N3O4S2. The van der Waals surface area contributed by atoms with Gasteiger partial charge in [-0.2, -0.15) is 0 Å². The third-order valence-electron chi connectivity index (χ3n) is 5.11. The van der Waals surface area contributed by atoms with Crippen LogP contribution in [0.5, 0.6) is 11.5 Å². The van der Waals surface area contributed by atoms with Crippen LogP contribution < -0.4 is 14.8 Å². The fraction of sp³-hybridized carbons (Fsp3) is 0.318. The van der Waals surface area contributed by atoms with Crippen LogP contribution in [0.15, 0.2) is 35.8 Å². The molecule has 1 aliphatic heterocycles. The Bertz CT molecular complexity index is 1070. The lowest BCUT2D eigenvalue weighted by molar-refractivity contribution is 0.0725. The smallest absolute Gasteiger partial charge is 0.267 e. The van der Waals surface area contributed by atoms with Crippen LogP contribution in [0.25, 0.3) is 9.88 Å². The molecule has 1 aromatic carbocycles. The summed E-state index contributed by atoms with van der Waals surface area (Å²) in [5.41, 5.74) is 0.778. The van der Waals surface area contributed by atoms with Crippen molar-refractivity contribution in [3.8, 4) is 21.4 Å². The van der Waals surface area contributed by atoms with E-state index in [9.17, 15) is 9.59 Å². The molecule has 0 radical (unpaired) electrons. The zero-order chi connectivity index (χ0) is 21.8. The Morgan fingerprint density at radius 3 is 2.52 bits per heavy atom. The van der Waals surface area contributed by atoms with Gasteiger partial charge in [0.1, 0.15) is 9.88 Å². The van der Waals surface area contributed by atoms with Crippen LogP contribution in [0, 0.1) is 0 Å². The molecule has 0 aliphatic carbocycles. The number of nitrogens with zero attached hydrogens (tertiary/aromatic N) is 2. The zero-order valence-corrected chi connectivity index (χ0v) is 19.0. The summed E-state index contributed by atoms with van der Waals surface area (Å²) in [6.07, 6.45) is 4.64. The normalized spacial score (nSPS) is 13.7. The molecule has 0 bridgehead atoms. The van der Waals surface area contributed by atoms with E-state index < -0.39 is 0 Å². The molecule has 31 heavy (non-hydrogen) atoms. The minimum absolute atomic E-state index is 0.125. The molecule has 1 N–H and O–H groups in total. The number of piperidine rings is 1. The highest BCUT2D eigenvalue weighted by atomic mass is 32.1. The van der Waals surface area contributed by atoms with Crippen LogP contribution in [0.2, 0.25) is 0 Å². The van der Waals surface area contributed by atoms with Gasteiger partial charge in [-0.25, -0.2) is 4.98 Å². The van der Waals surface area contributed by atoms with Crippen molar-refractivity contribution in [2.24, 2.45) is 0 Å².